The molecular weight excluding hydrogens is 885 g/mol. The zero-order chi connectivity index (χ0) is 45.0. The molecule has 2 aromatic carbocycles. The Bertz CT molecular complexity index is 1510. The highest BCUT2D eigenvalue weighted by Gasteiger charge is 2.52. The molecule has 5 atom stereocenters. The first-order valence-electron chi connectivity index (χ1n) is 21.3. The highest BCUT2D eigenvalue weighted by Crippen LogP contribution is 2.38. The summed E-state index contributed by atoms with van der Waals surface area (Å²) < 4.78 is 45.7. The standard InChI is InChI=1S/C40H80N4O9S2Si5/c1-31(41)27-49-28-32(2)43-25-34(45)29-47-20-16-22-56-50-60(36-18-14-13-15-19-36,53-59(11,12)51-57(6,7)8)52-58(9,10)23-17-21-48-30-35(46)26-44-40-33(3)39(42)37(54-4)24-38(40)55-5/h13-15,18-19,24,31-32,34-35,43-46H,16-17,20-23,25-30,41-42,56H2,1-12H3. The van der Waals surface area contributed by atoms with Gasteiger partial charge in [0.2, 0.25) is 0 Å². The Kier molecular flexibility index (Phi) is 25.6. The van der Waals surface area contributed by atoms with Crippen LogP contribution in [0.4, 0.5) is 11.4 Å². The second-order valence-electron chi connectivity index (χ2n) is 17.5. The van der Waals surface area contributed by atoms with Crippen LogP contribution in [0.5, 0.6) is 0 Å². The van der Waals surface area contributed by atoms with Crippen molar-refractivity contribution >= 4 is 83.8 Å². The summed E-state index contributed by atoms with van der Waals surface area (Å²) >= 11 is 3.29. The lowest BCUT2D eigenvalue weighted by Crippen LogP contribution is -2.67. The molecule has 0 aromatic heterocycles. The summed E-state index contributed by atoms with van der Waals surface area (Å²) in [5.41, 5.74) is 14.8. The van der Waals surface area contributed by atoms with Crippen molar-refractivity contribution in [1.29, 1.82) is 0 Å². The largest absolute Gasteiger partial charge is 0.506 e. The molecule has 20 heteroatoms. The Morgan fingerprint density at radius 1 is 0.783 bits per heavy atom. The molecule has 13 nitrogen and oxygen atoms in total. The van der Waals surface area contributed by atoms with E-state index in [1.165, 1.54) is 0 Å². The molecule has 0 saturated heterocycles. The first kappa shape index (κ1) is 55.5. The minimum Gasteiger partial charge on any atom is -0.437 e. The monoisotopic (exact) mass is 964 g/mol. The molecule has 0 aliphatic rings. The van der Waals surface area contributed by atoms with Crippen LogP contribution in [0.1, 0.15) is 32.3 Å². The maximum Gasteiger partial charge on any atom is 0.506 e. The number of benzene rings is 2. The van der Waals surface area contributed by atoms with Crippen LogP contribution in [0.2, 0.25) is 57.9 Å². The fourth-order valence-corrected chi connectivity index (χ4v) is 27.5. The number of nitrogens with two attached hydrogens (primary N) is 2. The second kappa shape index (κ2) is 27.7. The lowest BCUT2D eigenvalue weighted by Gasteiger charge is -2.43. The van der Waals surface area contributed by atoms with Crippen molar-refractivity contribution in [2.24, 2.45) is 5.73 Å². The van der Waals surface area contributed by atoms with Crippen LogP contribution < -0.4 is 27.3 Å². The third-order valence-electron chi connectivity index (χ3n) is 9.09. The van der Waals surface area contributed by atoms with Crippen molar-refractivity contribution < 1.29 is 40.9 Å². The van der Waals surface area contributed by atoms with E-state index >= 15 is 0 Å². The summed E-state index contributed by atoms with van der Waals surface area (Å²) in [5.74, 6) is 0. The second-order valence-corrected chi connectivity index (χ2v) is 36.7. The lowest BCUT2D eigenvalue weighted by atomic mass is 10.1. The molecule has 346 valence electrons. The van der Waals surface area contributed by atoms with Gasteiger partial charge < -0.3 is 63.0 Å². The fourth-order valence-electron chi connectivity index (χ4n) is 6.46. The topological polar surface area (TPSA) is 181 Å². The van der Waals surface area contributed by atoms with E-state index in [1.54, 1.807) is 23.5 Å². The number of aliphatic hydroxyl groups is 2. The first-order valence-corrected chi connectivity index (χ1v) is 36.3. The van der Waals surface area contributed by atoms with Gasteiger partial charge >= 0.3 is 17.4 Å². The lowest BCUT2D eigenvalue weighted by molar-refractivity contribution is 0.0330. The molecule has 2 rings (SSSR count). The predicted octanol–water partition coefficient (Wildman–Crippen LogP) is 5.47. The summed E-state index contributed by atoms with van der Waals surface area (Å²) in [7, 11) is -11.6. The smallest absolute Gasteiger partial charge is 0.437 e. The maximum atomic E-state index is 10.8. The van der Waals surface area contributed by atoms with Gasteiger partial charge in [0.15, 0.2) is 26.4 Å². The number of hydrogen-bond donors (Lipinski definition) is 6. The third-order valence-corrected chi connectivity index (χ3v) is 27.1. The van der Waals surface area contributed by atoms with E-state index in [0.29, 0.717) is 39.5 Å². The van der Waals surface area contributed by atoms with Crippen LogP contribution in [0, 0.1) is 6.92 Å². The molecule has 0 aliphatic carbocycles. The highest BCUT2D eigenvalue weighted by atomic mass is 32.2. The third kappa shape index (κ3) is 21.8. The van der Waals surface area contributed by atoms with Gasteiger partial charge in [-0.1, -0.05) is 30.3 Å². The fraction of sp³-hybridized carbons (Fsp3) is 0.700. The molecule has 60 heavy (non-hydrogen) atoms. The van der Waals surface area contributed by atoms with E-state index in [0.717, 1.165) is 56.8 Å². The van der Waals surface area contributed by atoms with E-state index in [4.69, 9.17) is 42.1 Å². The molecule has 8 N–H and O–H groups in total. The summed E-state index contributed by atoms with van der Waals surface area (Å²) in [6.07, 6.45) is 4.38. The van der Waals surface area contributed by atoms with Crippen molar-refractivity contribution in [1.82, 2.24) is 5.32 Å². The van der Waals surface area contributed by atoms with Gasteiger partial charge in [0.25, 0.3) is 0 Å². The maximum absolute atomic E-state index is 10.8. The normalized spacial score (nSPS) is 15.9. The molecule has 0 bridgehead atoms. The van der Waals surface area contributed by atoms with Crippen LogP contribution >= 0.6 is 23.5 Å². The minimum atomic E-state index is -3.44. The van der Waals surface area contributed by atoms with Gasteiger partial charge in [0.05, 0.1) is 50.0 Å². The Morgan fingerprint density at radius 2 is 1.40 bits per heavy atom. The molecule has 0 amide bonds. The van der Waals surface area contributed by atoms with Crippen molar-refractivity contribution in [2.45, 2.75) is 126 Å². The average molecular weight is 966 g/mol. The van der Waals surface area contributed by atoms with Crippen molar-refractivity contribution in [3.63, 3.8) is 0 Å². The van der Waals surface area contributed by atoms with Crippen molar-refractivity contribution in [3.8, 4) is 0 Å². The summed E-state index contributed by atoms with van der Waals surface area (Å²) in [6.45, 7) is 24.5. The molecule has 0 radical (unpaired) electrons. The molecule has 0 aliphatic heterocycles. The zero-order valence-corrected chi connectivity index (χ0v) is 45.7. The minimum absolute atomic E-state index is 0.000198. The van der Waals surface area contributed by atoms with Crippen LogP contribution in [0.15, 0.2) is 46.2 Å². The van der Waals surface area contributed by atoms with Gasteiger partial charge in [-0.15, -0.1) is 23.5 Å². The Morgan fingerprint density at radius 3 is 2.00 bits per heavy atom. The van der Waals surface area contributed by atoms with Gasteiger partial charge in [-0.25, -0.2) is 0 Å². The number of aliphatic hydroxyl groups excluding tert-OH is 2. The molecule has 0 saturated carbocycles. The van der Waals surface area contributed by atoms with Gasteiger partial charge in [0.1, 0.15) is 0 Å². The van der Waals surface area contributed by atoms with E-state index < -0.39 is 56.0 Å². The van der Waals surface area contributed by atoms with Gasteiger partial charge in [-0.2, -0.15) is 0 Å². The molecular formula is C40H80N4O9S2Si5. The Balaban J connectivity index is 2.01. The van der Waals surface area contributed by atoms with Gasteiger partial charge in [0, 0.05) is 53.4 Å². The summed E-state index contributed by atoms with van der Waals surface area (Å²) in [6, 6.07) is 14.1. The number of ether oxygens (including phenoxy) is 3. The number of rotatable bonds is 33. The average Bonchev–Trinajstić information content (AvgIpc) is 3.15. The molecule has 2 aromatic rings. The molecule has 0 heterocycles. The molecule has 0 spiro atoms. The number of nitrogens with one attached hydrogen (secondary N) is 2. The Hall–Kier alpha value is -0.616. The first-order chi connectivity index (χ1) is 28.1. The van der Waals surface area contributed by atoms with E-state index in [-0.39, 0.29) is 25.3 Å². The number of nitrogen functional groups attached to an aromatic ring is 1. The molecule has 0 fully saturated rings. The molecule has 5 unspecified atom stereocenters. The van der Waals surface area contributed by atoms with Crippen molar-refractivity contribution in [3.05, 3.63) is 42.0 Å². The summed E-state index contributed by atoms with van der Waals surface area (Å²) in [5, 5.41) is 28.9. The van der Waals surface area contributed by atoms with Crippen LogP contribution in [-0.4, -0.2) is 144 Å². The number of hydrogen-bond acceptors (Lipinski definition) is 15. The SMILES string of the molecule is CSc1cc(SC)c(NCC(O)COCCC[Si](C)(C)O[Si](O[SiH2]CCCOCC(O)CNC(C)COCC(C)N)(O[Si](C)(C)O[Si](C)(C)C)c2ccccc2)c(C)c1N. The van der Waals surface area contributed by atoms with Gasteiger partial charge in [-0.05, 0) is 116 Å². The number of anilines is 2. The van der Waals surface area contributed by atoms with Crippen LogP contribution in [-0.2, 0) is 30.7 Å². The number of thioether (sulfide) groups is 2. The highest BCUT2D eigenvalue weighted by molar-refractivity contribution is 7.99. The summed E-state index contributed by atoms with van der Waals surface area (Å²) in [4.78, 5) is 2.16. The van der Waals surface area contributed by atoms with Crippen LogP contribution in [0.3, 0.4) is 0 Å². The Labute approximate surface area is 377 Å². The zero-order valence-electron chi connectivity index (χ0n) is 38.7. The van der Waals surface area contributed by atoms with Gasteiger partial charge in [-0.3, -0.25) is 0 Å². The van der Waals surface area contributed by atoms with E-state index in [1.807, 2.05) is 51.5 Å². The quantitative estimate of drug-likeness (QED) is 0.0230. The van der Waals surface area contributed by atoms with E-state index in [9.17, 15) is 10.2 Å². The van der Waals surface area contributed by atoms with Crippen LogP contribution in [0.25, 0.3) is 0 Å². The predicted molar refractivity (Wildman–Crippen MR) is 265 cm³/mol. The van der Waals surface area contributed by atoms with E-state index in [2.05, 4.69) is 74.7 Å². The van der Waals surface area contributed by atoms with Crippen molar-refractivity contribution in [2.75, 3.05) is 76.3 Å².